The van der Waals surface area contributed by atoms with Crippen molar-refractivity contribution in [2.75, 3.05) is 26.6 Å². The highest BCUT2D eigenvalue weighted by Gasteiger charge is 2.42. The fourth-order valence-electron chi connectivity index (χ4n) is 5.78. The van der Waals surface area contributed by atoms with Crippen LogP contribution in [0.4, 0.5) is 18.9 Å². The summed E-state index contributed by atoms with van der Waals surface area (Å²) in [6, 6.07) is 17.0. The van der Waals surface area contributed by atoms with Crippen LogP contribution in [0, 0.1) is 0 Å². The van der Waals surface area contributed by atoms with E-state index in [1.165, 1.54) is 33.5 Å². The molecule has 2 N–H and O–H groups in total. The number of halogens is 3. The van der Waals surface area contributed by atoms with Gasteiger partial charge in [0, 0.05) is 40.6 Å². The molecule has 0 aromatic heterocycles. The number of dihydropyridines is 1. The summed E-state index contributed by atoms with van der Waals surface area (Å²) in [5, 5.41) is 6.09. The van der Waals surface area contributed by atoms with Gasteiger partial charge in [0.2, 0.25) is 0 Å². The molecule has 1 aliphatic carbocycles. The van der Waals surface area contributed by atoms with Crippen LogP contribution < -0.4 is 24.8 Å². The Balaban J connectivity index is 1.57. The zero-order valence-electron chi connectivity index (χ0n) is 24.1. The molecule has 3 aromatic rings. The number of methoxy groups -OCH3 is 3. The zero-order valence-corrected chi connectivity index (χ0v) is 24.1. The highest BCUT2D eigenvalue weighted by Crippen LogP contribution is 2.47. The molecule has 1 aliphatic heterocycles. The summed E-state index contributed by atoms with van der Waals surface area (Å²) in [5.74, 6) is -0.323. The van der Waals surface area contributed by atoms with Crippen molar-refractivity contribution >= 4 is 17.4 Å². The largest absolute Gasteiger partial charge is 0.497 e. The second-order valence-electron chi connectivity index (χ2n) is 10.4. The fourth-order valence-corrected chi connectivity index (χ4v) is 5.78. The first kappa shape index (κ1) is 29.8. The number of Topliss-reactive ketones (excluding diaryl/α,β-unsaturated/α-hetero) is 1. The van der Waals surface area contributed by atoms with Crippen molar-refractivity contribution in [2.45, 2.75) is 37.8 Å². The molecule has 7 nitrogen and oxygen atoms in total. The number of anilines is 1. The van der Waals surface area contributed by atoms with Gasteiger partial charge in [-0.05, 0) is 72.9 Å². The number of hydrogen-bond donors (Lipinski definition) is 2. The molecule has 224 valence electrons. The van der Waals surface area contributed by atoms with E-state index in [4.69, 9.17) is 14.2 Å². The molecular formula is C33H31F3N2O5. The van der Waals surface area contributed by atoms with E-state index in [0.717, 1.165) is 17.7 Å². The number of ketones is 1. The summed E-state index contributed by atoms with van der Waals surface area (Å²) in [6.45, 7) is 1.69. The summed E-state index contributed by atoms with van der Waals surface area (Å²) in [6.07, 6.45) is -4.08. The van der Waals surface area contributed by atoms with Gasteiger partial charge in [-0.15, -0.1) is 0 Å². The minimum atomic E-state index is -4.60. The fraction of sp³-hybridized carbons (Fsp3) is 0.273. The molecule has 1 amide bonds. The van der Waals surface area contributed by atoms with E-state index in [1.807, 2.05) is 12.1 Å². The van der Waals surface area contributed by atoms with Crippen molar-refractivity contribution < 1.29 is 37.0 Å². The van der Waals surface area contributed by atoms with Gasteiger partial charge in [-0.1, -0.05) is 24.3 Å². The summed E-state index contributed by atoms with van der Waals surface area (Å²) < 4.78 is 57.3. The molecule has 0 saturated heterocycles. The second-order valence-corrected chi connectivity index (χ2v) is 10.4. The van der Waals surface area contributed by atoms with Crippen LogP contribution in [0.3, 0.4) is 0 Å². The third kappa shape index (κ3) is 5.95. The molecule has 0 radical (unpaired) electrons. The predicted molar refractivity (Wildman–Crippen MR) is 155 cm³/mol. The van der Waals surface area contributed by atoms with Crippen molar-refractivity contribution in [3.8, 4) is 17.2 Å². The smallest absolute Gasteiger partial charge is 0.416 e. The minimum absolute atomic E-state index is 0.109. The zero-order chi connectivity index (χ0) is 30.9. The maximum atomic E-state index is 13.9. The van der Waals surface area contributed by atoms with Gasteiger partial charge in [0.25, 0.3) is 5.91 Å². The lowest BCUT2D eigenvalue weighted by atomic mass is 9.71. The average molecular weight is 593 g/mol. The SMILES string of the molecule is COc1ccc(NC(=O)C2=C(C)NC3=C(C(=O)CC(c4ccc(OC)c(OC)c4)C3)C2c2cccc(C(F)(F)F)c2)cc1. The average Bonchev–Trinajstić information content (AvgIpc) is 2.99. The van der Waals surface area contributed by atoms with Gasteiger partial charge in [-0.25, -0.2) is 0 Å². The molecular weight excluding hydrogens is 561 g/mol. The van der Waals surface area contributed by atoms with Crippen LogP contribution in [0.5, 0.6) is 17.2 Å². The maximum absolute atomic E-state index is 13.9. The van der Waals surface area contributed by atoms with Gasteiger partial charge < -0.3 is 24.8 Å². The topological polar surface area (TPSA) is 85.9 Å². The van der Waals surface area contributed by atoms with Crippen molar-refractivity contribution in [3.63, 3.8) is 0 Å². The first-order chi connectivity index (χ1) is 20.5. The monoisotopic (exact) mass is 592 g/mol. The van der Waals surface area contributed by atoms with Crippen LogP contribution in [0.1, 0.15) is 48.3 Å². The first-order valence-corrected chi connectivity index (χ1v) is 13.6. The van der Waals surface area contributed by atoms with Crippen molar-refractivity contribution in [1.29, 1.82) is 0 Å². The number of amides is 1. The molecule has 10 heteroatoms. The second kappa shape index (κ2) is 11.9. The quantitative estimate of drug-likeness (QED) is 0.317. The molecule has 2 aliphatic rings. The van der Waals surface area contributed by atoms with Crippen molar-refractivity contribution in [2.24, 2.45) is 0 Å². The van der Waals surface area contributed by atoms with Crippen LogP contribution in [-0.4, -0.2) is 33.0 Å². The molecule has 0 fully saturated rings. The Morgan fingerprint density at radius 1 is 0.884 bits per heavy atom. The molecule has 2 atom stereocenters. The van der Waals surface area contributed by atoms with Gasteiger partial charge in [-0.3, -0.25) is 9.59 Å². The van der Waals surface area contributed by atoms with Gasteiger partial charge in [-0.2, -0.15) is 13.2 Å². The summed E-state index contributed by atoms with van der Waals surface area (Å²) in [5.41, 5.74) is 2.18. The van der Waals surface area contributed by atoms with Crippen LogP contribution in [-0.2, 0) is 15.8 Å². The normalized spacial score (nSPS) is 18.5. The Labute approximate surface area is 247 Å². The molecule has 0 saturated carbocycles. The molecule has 0 spiro atoms. The Morgan fingerprint density at radius 2 is 1.60 bits per heavy atom. The summed E-state index contributed by atoms with van der Waals surface area (Å²) in [7, 11) is 4.59. The Bertz CT molecular complexity index is 1630. The van der Waals surface area contributed by atoms with Crippen molar-refractivity contribution in [1.82, 2.24) is 5.32 Å². The number of hydrogen-bond acceptors (Lipinski definition) is 6. The van der Waals surface area contributed by atoms with Gasteiger partial charge in [0.15, 0.2) is 17.3 Å². The van der Waals surface area contributed by atoms with Gasteiger partial charge in [0.05, 0.1) is 26.9 Å². The van der Waals surface area contributed by atoms with Crippen LogP contribution in [0.25, 0.3) is 0 Å². The van der Waals surface area contributed by atoms with E-state index >= 15 is 0 Å². The Morgan fingerprint density at radius 3 is 2.26 bits per heavy atom. The number of carbonyl (C=O) groups is 2. The predicted octanol–water partition coefficient (Wildman–Crippen LogP) is 6.73. The van der Waals surface area contributed by atoms with E-state index in [9.17, 15) is 22.8 Å². The number of benzene rings is 3. The van der Waals surface area contributed by atoms with Crippen LogP contribution in [0.2, 0.25) is 0 Å². The third-order valence-electron chi connectivity index (χ3n) is 7.85. The third-order valence-corrected chi connectivity index (χ3v) is 7.85. The molecule has 3 aromatic carbocycles. The van der Waals surface area contributed by atoms with Crippen LogP contribution in [0.15, 0.2) is 89.3 Å². The first-order valence-electron chi connectivity index (χ1n) is 13.6. The molecule has 2 unspecified atom stereocenters. The highest BCUT2D eigenvalue weighted by molar-refractivity contribution is 6.10. The van der Waals surface area contributed by atoms with Gasteiger partial charge >= 0.3 is 6.18 Å². The molecule has 5 rings (SSSR count). The summed E-state index contributed by atoms with van der Waals surface area (Å²) in [4.78, 5) is 27.7. The molecule has 1 heterocycles. The number of carbonyl (C=O) groups excluding carboxylic acids is 2. The van der Waals surface area contributed by atoms with E-state index in [2.05, 4.69) is 10.6 Å². The number of nitrogens with one attached hydrogen (secondary N) is 2. The lowest BCUT2D eigenvalue weighted by molar-refractivity contribution is -0.137. The van der Waals surface area contributed by atoms with E-state index in [0.29, 0.717) is 46.3 Å². The molecule has 43 heavy (non-hydrogen) atoms. The van der Waals surface area contributed by atoms with Crippen LogP contribution >= 0.6 is 0 Å². The Kier molecular flexibility index (Phi) is 8.21. The van der Waals surface area contributed by atoms with E-state index in [1.54, 1.807) is 37.3 Å². The standard InChI is InChI=1S/C33H31F3N2O5/c1-18-29(32(40)38-23-9-11-24(41-2)12-10-23)30(20-6-5-7-22(14-20)33(34,35)36)31-25(37-18)15-21(16-26(31)39)19-8-13-27(42-3)28(17-19)43-4/h5-14,17,21,30,37H,15-16H2,1-4H3,(H,38,40). The minimum Gasteiger partial charge on any atom is -0.497 e. The Hall–Kier alpha value is -4.73. The number of ether oxygens (including phenoxy) is 3. The van der Waals surface area contributed by atoms with Crippen molar-refractivity contribution in [3.05, 3.63) is 106 Å². The van der Waals surface area contributed by atoms with Gasteiger partial charge in [0.1, 0.15) is 5.75 Å². The lowest BCUT2D eigenvalue weighted by Crippen LogP contribution is -2.37. The maximum Gasteiger partial charge on any atom is 0.416 e. The number of alkyl halides is 3. The van der Waals surface area contributed by atoms with E-state index < -0.39 is 23.6 Å². The number of rotatable bonds is 7. The molecule has 0 bridgehead atoms. The highest BCUT2D eigenvalue weighted by atomic mass is 19.4. The lowest BCUT2D eigenvalue weighted by Gasteiger charge is -2.37. The number of allylic oxidation sites excluding steroid dienone is 3. The summed E-state index contributed by atoms with van der Waals surface area (Å²) >= 11 is 0. The van der Waals surface area contributed by atoms with E-state index in [-0.39, 0.29) is 29.3 Å².